The molecule has 0 saturated carbocycles. The van der Waals surface area contributed by atoms with E-state index in [-0.39, 0.29) is 37.2 Å². The minimum atomic E-state index is -4.28. The Bertz CT molecular complexity index is 1500. The molecular weight excluding hydrogens is 484 g/mol. The Labute approximate surface area is 207 Å². The number of carbonyl (C=O) groups is 2. The van der Waals surface area contributed by atoms with Crippen molar-refractivity contribution in [2.45, 2.75) is 42.8 Å². The van der Waals surface area contributed by atoms with Crippen LogP contribution in [0, 0.1) is 0 Å². The molecule has 0 bridgehead atoms. The number of carboxylic acid groups (broad SMARTS) is 1. The third-order valence-corrected chi connectivity index (χ3v) is 7.31. The third-order valence-electron chi connectivity index (χ3n) is 5.80. The summed E-state index contributed by atoms with van der Waals surface area (Å²) in [6.45, 7) is 0.145. The first-order chi connectivity index (χ1) is 17.2. The number of carbonyl (C=O) groups excluding carboxylic acids is 1. The van der Waals surface area contributed by atoms with Gasteiger partial charge < -0.3 is 20.0 Å². The zero-order valence-corrected chi connectivity index (χ0v) is 20.2. The molecule has 188 valence electrons. The zero-order chi connectivity index (χ0) is 25.8. The molecule has 4 rings (SSSR count). The quantitative estimate of drug-likeness (QED) is 0.156. The van der Waals surface area contributed by atoms with E-state index in [1.54, 1.807) is 12.1 Å². The van der Waals surface area contributed by atoms with Gasteiger partial charge in [0.15, 0.2) is 5.66 Å². The van der Waals surface area contributed by atoms with Gasteiger partial charge in [-0.1, -0.05) is 48.5 Å². The Balaban J connectivity index is 1.38. The van der Waals surface area contributed by atoms with Gasteiger partial charge in [0, 0.05) is 17.2 Å². The van der Waals surface area contributed by atoms with Crippen LogP contribution in [-0.4, -0.2) is 31.1 Å². The van der Waals surface area contributed by atoms with E-state index in [0.717, 1.165) is 10.9 Å². The highest BCUT2D eigenvalue weighted by Crippen LogP contribution is 2.30. The number of aliphatic carboxylic acids is 1. The number of rotatable bonds is 11. The van der Waals surface area contributed by atoms with Crippen LogP contribution in [-0.2, 0) is 31.0 Å². The van der Waals surface area contributed by atoms with Gasteiger partial charge in [-0.2, -0.15) is 4.72 Å². The van der Waals surface area contributed by atoms with E-state index in [2.05, 4.69) is 4.72 Å². The zero-order valence-electron chi connectivity index (χ0n) is 19.3. The molecule has 4 aromatic rings. The second-order valence-electron chi connectivity index (χ2n) is 8.49. The predicted octanol–water partition coefficient (Wildman–Crippen LogP) is 3.91. The summed E-state index contributed by atoms with van der Waals surface area (Å²) in [5.74, 6) is -1.95. The molecule has 0 aliphatic rings. The first-order valence-corrected chi connectivity index (χ1v) is 12.8. The molecule has 0 fully saturated rings. The van der Waals surface area contributed by atoms with Crippen molar-refractivity contribution in [1.82, 2.24) is 4.72 Å². The molecule has 1 unspecified atom stereocenters. The van der Waals surface area contributed by atoms with Crippen LogP contribution in [0.4, 0.5) is 0 Å². The molecule has 3 aromatic carbocycles. The maximum atomic E-state index is 13.1. The maximum absolute atomic E-state index is 13.1. The first kappa shape index (κ1) is 25.4. The van der Waals surface area contributed by atoms with Crippen molar-refractivity contribution >= 4 is 43.9 Å². The van der Waals surface area contributed by atoms with Gasteiger partial charge in [0.05, 0.1) is 4.90 Å². The van der Waals surface area contributed by atoms with E-state index < -0.39 is 27.6 Å². The lowest BCUT2D eigenvalue weighted by Crippen LogP contribution is -2.61. The summed E-state index contributed by atoms with van der Waals surface area (Å²) in [5.41, 5.74) is 5.69. The minimum absolute atomic E-state index is 0.0551. The second kappa shape index (κ2) is 10.5. The third kappa shape index (κ3) is 5.73. The van der Waals surface area contributed by atoms with E-state index in [9.17, 15) is 23.1 Å². The molecule has 0 saturated heterocycles. The number of hydrogen-bond acceptors (Lipinski definition) is 7. The van der Waals surface area contributed by atoms with Crippen molar-refractivity contribution in [3.63, 3.8) is 0 Å². The minimum Gasteiger partial charge on any atom is -0.479 e. The summed E-state index contributed by atoms with van der Waals surface area (Å²) in [6.07, 6.45) is 0.315. The molecule has 9 nitrogen and oxygen atoms in total. The van der Waals surface area contributed by atoms with Crippen LogP contribution < -0.4 is 10.5 Å². The van der Waals surface area contributed by atoms with Crippen LogP contribution in [0.5, 0.6) is 0 Å². The van der Waals surface area contributed by atoms with E-state index in [4.69, 9.17) is 14.9 Å². The number of nitrogens with one attached hydrogen (secondary N) is 1. The average molecular weight is 511 g/mol. The number of para-hydroxylation sites is 1. The molecule has 0 amide bonds. The molecular formula is C26H26N2O7S. The molecule has 4 N–H and O–H groups in total. The normalized spacial score (nSPS) is 13.5. The van der Waals surface area contributed by atoms with Gasteiger partial charge in [-0.3, -0.25) is 4.79 Å². The topological polar surface area (TPSA) is 149 Å². The van der Waals surface area contributed by atoms with Gasteiger partial charge >= 0.3 is 11.9 Å². The Hall–Kier alpha value is -3.73. The fourth-order valence-corrected chi connectivity index (χ4v) is 5.16. The number of nitrogens with two attached hydrogens (primary N) is 1. The summed E-state index contributed by atoms with van der Waals surface area (Å²) >= 11 is 0. The van der Waals surface area contributed by atoms with E-state index >= 15 is 0 Å². The van der Waals surface area contributed by atoms with Gasteiger partial charge in [-0.05, 0) is 49.1 Å². The number of benzene rings is 3. The number of carboxylic acids is 1. The van der Waals surface area contributed by atoms with Gasteiger partial charge in [-0.25, -0.2) is 13.2 Å². The van der Waals surface area contributed by atoms with Gasteiger partial charge in [0.25, 0.3) is 0 Å². The van der Waals surface area contributed by atoms with Crippen molar-refractivity contribution in [3.8, 4) is 0 Å². The molecule has 1 heterocycles. The lowest BCUT2D eigenvalue weighted by Gasteiger charge is -2.25. The van der Waals surface area contributed by atoms with Crippen molar-refractivity contribution in [2.75, 3.05) is 0 Å². The second-order valence-corrected chi connectivity index (χ2v) is 10.2. The van der Waals surface area contributed by atoms with E-state index in [1.807, 2.05) is 42.5 Å². The molecule has 0 radical (unpaired) electrons. The lowest BCUT2D eigenvalue weighted by atomic mass is 10.0. The Morgan fingerprint density at radius 2 is 1.64 bits per heavy atom. The highest BCUT2D eigenvalue weighted by Gasteiger charge is 2.38. The van der Waals surface area contributed by atoms with E-state index in [0.29, 0.717) is 16.6 Å². The van der Waals surface area contributed by atoms with Crippen LogP contribution in [0.1, 0.15) is 31.2 Å². The fraction of sp³-hybridized carbons (Fsp3) is 0.231. The molecule has 0 aliphatic carbocycles. The highest BCUT2D eigenvalue weighted by molar-refractivity contribution is 7.89. The van der Waals surface area contributed by atoms with Crippen LogP contribution in [0.2, 0.25) is 0 Å². The van der Waals surface area contributed by atoms with Gasteiger partial charge in [-0.15, -0.1) is 0 Å². The summed E-state index contributed by atoms with van der Waals surface area (Å²) < 4.78 is 39.2. The Morgan fingerprint density at radius 3 is 2.39 bits per heavy atom. The molecule has 1 atom stereocenters. The summed E-state index contributed by atoms with van der Waals surface area (Å²) in [4.78, 5) is 23.7. The largest absolute Gasteiger partial charge is 0.479 e. The number of sulfonamides is 1. The number of ether oxygens (including phenoxy) is 1. The van der Waals surface area contributed by atoms with Crippen molar-refractivity contribution in [3.05, 3.63) is 78.4 Å². The molecule has 1 aromatic heterocycles. The number of esters is 1. The number of hydrogen-bond donors (Lipinski definition) is 3. The number of unbranched alkanes of at least 4 members (excludes halogenated alkanes) is 1. The smallest absolute Gasteiger partial charge is 0.339 e. The number of furan rings is 1. The Kier molecular flexibility index (Phi) is 7.39. The average Bonchev–Trinajstić information content (AvgIpc) is 3.24. The standard InChI is InChI=1S/C26H26N2O7S/c27-26(25(30)31,15-7-6-12-24(29)34-17-18-8-2-1-3-9-18)28-36(32,33)19-13-14-23-21(16-19)20-10-4-5-11-22(20)35-23/h1-5,8-11,13-14,16,28H,6-7,12,15,17,27H2,(H,30,31). The van der Waals surface area contributed by atoms with Crippen LogP contribution in [0.15, 0.2) is 82.1 Å². The number of fused-ring (bicyclic) bond motifs is 3. The molecule has 0 aliphatic heterocycles. The van der Waals surface area contributed by atoms with Crippen LogP contribution in [0.25, 0.3) is 21.9 Å². The Morgan fingerprint density at radius 1 is 0.944 bits per heavy atom. The predicted molar refractivity (Wildman–Crippen MR) is 133 cm³/mol. The van der Waals surface area contributed by atoms with Gasteiger partial charge in [0.1, 0.15) is 17.8 Å². The summed E-state index contributed by atoms with van der Waals surface area (Å²) in [6, 6.07) is 20.7. The van der Waals surface area contributed by atoms with Crippen molar-refractivity contribution < 1.29 is 32.3 Å². The van der Waals surface area contributed by atoms with Crippen molar-refractivity contribution in [1.29, 1.82) is 0 Å². The monoisotopic (exact) mass is 510 g/mol. The first-order valence-electron chi connectivity index (χ1n) is 11.3. The van der Waals surface area contributed by atoms with E-state index in [1.165, 1.54) is 18.2 Å². The highest BCUT2D eigenvalue weighted by atomic mass is 32.2. The maximum Gasteiger partial charge on any atom is 0.339 e. The van der Waals surface area contributed by atoms with Crippen LogP contribution >= 0.6 is 0 Å². The SMILES string of the molecule is NC(CCCCC(=O)OCc1ccccc1)(NS(=O)(=O)c1ccc2oc3ccccc3c2c1)C(=O)O. The molecule has 36 heavy (non-hydrogen) atoms. The lowest BCUT2D eigenvalue weighted by molar-refractivity contribution is -0.145. The summed E-state index contributed by atoms with van der Waals surface area (Å²) in [7, 11) is -4.28. The fourth-order valence-electron chi connectivity index (χ4n) is 3.86. The molecule has 0 spiro atoms. The van der Waals surface area contributed by atoms with Crippen LogP contribution in [0.3, 0.4) is 0 Å². The molecule has 10 heteroatoms. The van der Waals surface area contributed by atoms with Crippen molar-refractivity contribution in [2.24, 2.45) is 5.73 Å². The van der Waals surface area contributed by atoms with Gasteiger partial charge in [0.2, 0.25) is 10.0 Å². The summed E-state index contributed by atoms with van der Waals surface area (Å²) in [5, 5.41) is 11.0.